The normalized spacial score (nSPS) is 17.2. The number of rotatable bonds is 3. The average Bonchev–Trinajstić information content (AvgIpc) is 2.63. The van der Waals surface area contributed by atoms with Crippen molar-refractivity contribution < 1.29 is 9.53 Å². The van der Waals surface area contributed by atoms with Crippen LogP contribution in [0.5, 0.6) is 0 Å². The molecule has 1 saturated heterocycles. The second-order valence-corrected chi connectivity index (χ2v) is 6.69. The maximum atomic E-state index is 11.7. The molecule has 1 aliphatic rings. The van der Waals surface area contributed by atoms with Crippen LogP contribution in [-0.4, -0.2) is 25.5 Å². The number of carbonyl (C=O) groups excluding carboxylic acids is 1. The predicted molar refractivity (Wildman–Crippen MR) is 98.5 cm³/mol. The molecule has 1 aliphatic heterocycles. The quantitative estimate of drug-likeness (QED) is 0.733. The van der Waals surface area contributed by atoms with Crippen LogP contribution >= 0.6 is 23.2 Å². The van der Waals surface area contributed by atoms with Gasteiger partial charge in [-0.25, -0.2) is 0 Å². The highest BCUT2D eigenvalue weighted by Gasteiger charge is 2.24. The molecule has 0 aromatic heterocycles. The third kappa shape index (κ3) is 3.80. The molecule has 1 heterocycles. The molecule has 25 heavy (non-hydrogen) atoms. The fourth-order valence-electron chi connectivity index (χ4n) is 2.89. The molecule has 0 bridgehead atoms. The molecule has 2 aromatic rings. The zero-order chi connectivity index (χ0) is 18.0. The van der Waals surface area contributed by atoms with Crippen LogP contribution in [0.1, 0.15) is 34.5 Å². The van der Waals surface area contributed by atoms with Gasteiger partial charge in [0, 0.05) is 18.7 Å². The van der Waals surface area contributed by atoms with Crippen molar-refractivity contribution in [2.24, 2.45) is 0 Å². The van der Waals surface area contributed by atoms with Gasteiger partial charge < -0.3 is 9.64 Å². The highest BCUT2D eigenvalue weighted by Crippen LogP contribution is 2.32. The summed E-state index contributed by atoms with van der Waals surface area (Å²) in [7, 11) is 0. The van der Waals surface area contributed by atoms with Gasteiger partial charge in [-0.3, -0.25) is 4.79 Å². The zero-order valence-corrected chi connectivity index (χ0v) is 15.1. The topological polar surface area (TPSA) is 53.3 Å². The van der Waals surface area contributed by atoms with Gasteiger partial charge in [0.1, 0.15) is 12.2 Å². The molecule has 0 amide bonds. The number of ether oxygens (including phenoxy) is 1. The third-order valence-corrected chi connectivity index (χ3v) is 4.99. The van der Waals surface area contributed by atoms with E-state index < -0.39 is 0 Å². The van der Waals surface area contributed by atoms with E-state index in [1.807, 2.05) is 6.07 Å². The third-order valence-electron chi connectivity index (χ3n) is 4.25. The molecule has 1 fully saturated rings. The summed E-state index contributed by atoms with van der Waals surface area (Å²) in [4.78, 5) is 13.8. The maximum absolute atomic E-state index is 11.7. The lowest BCUT2D eigenvalue weighted by atomic mass is 10.0. The number of morpholine rings is 1. The number of hydrogen-bond acceptors (Lipinski definition) is 4. The highest BCUT2D eigenvalue weighted by molar-refractivity contribution is 6.42. The van der Waals surface area contributed by atoms with E-state index in [4.69, 9.17) is 27.9 Å². The molecule has 1 atom stereocenters. The first kappa shape index (κ1) is 17.8. The van der Waals surface area contributed by atoms with Gasteiger partial charge in [-0.2, -0.15) is 5.26 Å². The Morgan fingerprint density at radius 2 is 2.04 bits per heavy atom. The van der Waals surface area contributed by atoms with E-state index >= 15 is 0 Å². The number of nitriles is 1. The van der Waals surface area contributed by atoms with Crippen molar-refractivity contribution in [3.8, 4) is 6.07 Å². The lowest BCUT2D eigenvalue weighted by Crippen LogP contribution is -2.38. The maximum Gasteiger partial charge on any atom is 0.159 e. The van der Waals surface area contributed by atoms with Crippen LogP contribution in [-0.2, 0) is 4.74 Å². The molecule has 128 valence electrons. The Hall–Kier alpha value is -2.06. The van der Waals surface area contributed by atoms with Gasteiger partial charge in [0.15, 0.2) is 5.78 Å². The standard InChI is InChI=1S/C19H16Cl2N2O2/c1-12(24)13-2-3-15(10-22)18(9-13)23-6-7-25-19(11-23)14-4-5-16(20)17(21)8-14/h2-5,8-9,19H,6-7,11H2,1H3. The van der Waals surface area contributed by atoms with E-state index in [9.17, 15) is 10.1 Å². The van der Waals surface area contributed by atoms with Crippen molar-refractivity contribution in [2.75, 3.05) is 24.6 Å². The minimum Gasteiger partial charge on any atom is -0.370 e. The number of carbonyl (C=O) groups is 1. The second kappa shape index (κ2) is 7.45. The Morgan fingerprint density at radius 3 is 2.72 bits per heavy atom. The summed E-state index contributed by atoms with van der Waals surface area (Å²) in [6.07, 6.45) is -0.184. The highest BCUT2D eigenvalue weighted by atomic mass is 35.5. The van der Waals surface area contributed by atoms with Gasteiger partial charge in [-0.1, -0.05) is 29.3 Å². The molecule has 0 spiro atoms. The molecule has 6 heteroatoms. The fraction of sp³-hybridized carbons (Fsp3) is 0.263. The molecular weight excluding hydrogens is 359 g/mol. The van der Waals surface area contributed by atoms with E-state index in [1.54, 1.807) is 30.3 Å². The first-order chi connectivity index (χ1) is 12.0. The molecule has 3 rings (SSSR count). The Labute approximate surface area is 156 Å². The minimum absolute atomic E-state index is 0.0277. The lowest BCUT2D eigenvalue weighted by molar-refractivity contribution is 0.0398. The van der Waals surface area contributed by atoms with E-state index in [2.05, 4.69) is 11.0 Å². The molecule has 0 aliphatic carbocycles. The van der Waals surface area contributed by atoms with Crippen molar-refractivity contribution in [1.29, 1.82) is 5.26 Å². The summed E-state index contributed by atoms with van der Waals surface area (Å²) in [5.41, 5.74) is 2.82. The monoisotopic (exact) mass is 374 g/mol. The summed E-state index contributed by atoms with van der Waals surface area (Å²) in [5, 5.41) is 10.4. The Bertz CT molecular complexity index is 861. The van der Waals surface area contributed by atoms with Crippen LogP contribution in [0.4, 0.5) is 5.69 Å². The zero-order valence-electron chi connectivity index (χ0n) is 13.6. The number of halogens is 2. The van der Waals surface area contributed by atoms with Crippen molar-refractivity contribution in [3.63, 3.8) is 0 Å². The molecule has 4 nitrogen and oxygen atoms in total. The van der Waals surface area contributed by atoms with Crippen molar-refractivity contribution >= 4 is 34.7 Å². The van der Waals surface area contributed by atoms with Crippen molar-refractivity contribution in [1.82, 2.24) is 0 Å². The number of nitrogens with zero attached hydrogens (tertiary/aromatic N) is 2. The first-order valence-corrected chi connectivity index (χ1v) is 8.62. The van der Waals surface area contributed by atoms with Crippen LogP contribution in [0.15, 0.2) is 36.4 Å². The fourth-order valence-corrected chi connectivity index (χ4v) is 3.20. The van der Waals surface area contributed by atoms with Gasteiger partial charge >= 0.3 is 0 Å². The van der Waals surface area contributed by atoms with Gasteiger partial charge in [-0.15, -0.1) is 0 Å². The minimum atomic E-state index is -0.184. The number of Topliss-reactive ketones (excluding diaryl/α,β-unsaturated/α-hetero) is 1. The number of hydrogen-bond donors (Lipinski definition) is 0. The van der Waals surface area contributed by atoms with Crippen molar-refractivity contribution in [2.45, 2.75) is 13.0 Å². The van der Waals surface area contributed by atoms with E-state index in [-0.39, 0.29) is 11.9 Å². The first-order valence-electron chi connectivity index (χ1n) is 7.86. The van der Waals surface area contributed by atoms with E-state index in [0.717, 1.165) is 11.3 Å². The van der Waals surface area contributed by atoms with Crippen LogP contribution in [0.25, 0.3) is 0 Å². The van der Waals surface area contributed by atoms with Gasteiger partial charge in [0.2, 0.25) is 0 Å². The Balaban J connectivity index is 1.91. The Kier molecular flexibility index (Phi) is 5.29. The van der Waals surface area contributed by atoms with Crippen LogP contribution in [0.2, 0.25) is 10.0 Å². The van der Waals surface area contributed by atoms with E-state index in [1.165, 1.54) is 6.92 Å². The van der Waals surface area contributed by atoms with Crippen LogP contribution in [0, 0.1) is 11.3 Å². The summed E-state index contributed by atoms with van der Waals surface area (Å²) in [6, 6.07) is 12.8. The smallest absolute Gasteiger partial charge is 0.159 e. The van der Waals surface area contributed by atoms with Gasteiger partial charge in [0.05, 0.1) is 27.9 Å². The Morgan fingerprint density at radius 1 is 1.24 bits per heavy atom. The predicted octanol–water partition coefficient (Wildman–Crippen LogP) is 4.65. The number of ketones is 1. The molecule has 1 unspecified atom stereocenters. The second-order valence-electron chi connectivity index (χ2n) is 5.88. The summed E-state index contributed by atoms with van der Waals surface area (Å²) in [5.74, 6) is -0.0277. The lowest BCUT2D eigenvalue weighted by Gasteiger charge is -2.35. The number of benzene rings is 2. The average molecular weight is 375 g/mol. The van der Waals surface area contributed by atoms with Gasteiger partial charge in [-0.05, 0) is 42.8 Å². The van der Waals surface area contributed by atoms with Crippen LogP contribution in [0.3, 0.4) is 0 Å². The largest absolute Gasteiger partial charge is 0.370 e. The number of anilines is 1. The molecule has 0 radical (unpaired) electrons. The summed E-state index contributed by atoms with van der Waals surface area (Å²) < 4.78 is 5.87. The molecule has 2 aromatic carbocycles. The molecule has 0 N–H and O–H groups in total. The van der Waals surface area contributed by atoms with Crippen molar-refractivity contribution in [3.05, 3.63) is 63.1 Å². The molecular formula is C19H16Cl2N2O2. The summed E-state index contributed by atoms with van der Waals surface area (Å²) >= 11 is 12.1. The molecule has 0 saturated carbocycles. The van der Waals surface area contributed by atoms with Gasteiger partial charge in [0.25, 0.3) is 0 Å². The SMILES string of the molecule is CC(=O)c1ccc(C#N)c(N2CCOC(c3ccc(Cl)c(Cl)c3)C2)c1. The summed E-state index contributed by atoms with van der Waals surface area (Å²) in [6.45, 7) is 3.24. The van der Waals surface area contributed by atoms with Crippen LogP contribution < -0.4 is 4.90 Å². The van der Waals surface area contributed by atoms with E-state index in [0.29, 0.717) is 40.9 Å².